The molecule has 1 rings (SSSR count). The third-order valence-electron chi connectivity index (χ3n) is 2.42. The molecule has 0 aromatic heterocycles. The summed E-state index contributed by atoms with van der Waals surface area (Å²) in [7, 11) is 1.22. The Labute approximate surface area is 111 Å². The number of terminal acetylenes is 1. The van der Waals surface area contributed by atoms with Crippen molar-refractivity contribution >= 4 is 11.9 Å². The molecule has 1 aromatic carbocycles. The molecule has 0 heterocycles. The van der Waals surface area contributed by atoms with E-state index in [4.69, 9.17) is 6.42 Å². The number of carbonyl (C=O) groups is 2. The van der Waals surface area contributed by atoms with Crippen molar-refractivity contribution in [2.75, 3.05) is 7.11 Å². The van der Waals surface area contributed by atoms with Crippen LogP contribution in [0.15, 0.2) is 24.3 Å². The van der Waals surface area contributed by atoms with Crippen LogP contribution in [0.5, 0.6) is 0 Å². The van der Waals surface area contributed by atoms with Crippen LogP contribution in [0, 0.1) is 18.2 Å². The number of ether oxygens (including phenoxy) is 1. The Morgan fingerprint density at radius 2 is 2.05 bits per heavy atom. The van der Waals surface area contributed by atoms with Crippen LogP contribution >= 0.6 is 0 Å². The minimum absolute atomic E-state index is 0.0400. The molecule has 0 unspecified atom stereocenters. The van der Waals surface area contributed by atoms with Gasteiger partial charge in [-0.1, -0.05) is 12.1 Å². The lowest BCUT2D eigenvalue weighted by atomic mass is 10.1. The second kappa shape index (κ2) is 7.17. The number of methoxy groups -OCH3 is 1. The fourth-order valence-electron chi connectivity index (χ4n) is 1.49. The average molecular weight is 263 g/mol. The fourth-order valence-corrected chi connectivity index (χ4v) is 1.49. The van der Waals surface area contributed by atoms with Crippen LogP contribution in [-0.2, 0) is 20.7 Å². The molecule has 4 nitrogen and oxygen atoms in total. The number of hydrogen-bond donors (Lipinski definition) is 1. The lowest BCUT2D eigenvalue weighted by Gasteiger charge is -2.13. The van der Waals surface area contributed by atoms with Crippen LogP contribution in [0.1, 0.15) is 12.0 Å². The van der Waals surface area contributed by atoms with E-state index in [0.717, 1.165) is 0 Å². The van der Waals surface area contributed by atoms with Crippen molar-refractivity contribution in [3.05, 3.63) is 35.6 Å². The van der Waals surface area contributed by atoms with Crippen molar-refractivity contribution in [3.8, 4) is 12.3 Å². The highest BCUT2D eigenvalue weighted by atomic mass is 19.1. The normalized spacial score (nSPS) is 11.2. The highest BCUT2D eigenvalue weighted by molar-refractivity contribution is 5.85. The predicted molar refractivity (Wildman–Crippen MR) is 67.5 cm³/mol. The van der Waals surface area contributed by atoms with Gasteiger partial charge in [-0.2, -0.15) is 0 Å². The van der Waals surface area contributed by atoms with Crippen LogP contribution < -0.4 is 5.32 Å². The highest BCUT2D eigenvalue weighted by Gasteiger charge is 2.20. The quantitative estimate of drug-likeness (QED) is 0.638. The maximum Gasteiger partial charge on any atom is 0.329 e. The molecule has 1 aromatic rings. The molecule has 19 heavy (non-hydrogen) atoms. The monoisotopic (exact) mass is 263 g/mol. The topological polar surface area (TPSA) is 55.4 Å². The lowest BCUT2D eigenvalue weighted by Crippen LogP contribution is -2.41. The molecule has 0 saturated heterocycles. The van der Waals surface area contributed by atoms with Gasteiger partial charge in [0.15, 0.2) is 0 Å². The van der Waals surface area contributed by atoms with Gasteiger partial charge in [-0.15, -0.1) is 12.3 Å². The molecule has 0 fully saturated rings. The first-order valence-electron chi connectivity index (χ1n) is 5.62. The summed E-state index contributed by atoms with van der Waals surface area (Å²) in [4.78, 5) is 23.1. The number of halogens is 1. The van der Waals surface area contributed by atoms with Gasteiger partial charge in [0, 0.05) is 6.42 Å². The van der Waals surface area contributed by atoms with E-state index in [0.29, 0.717) is 5.56 Å². The molecule has 5 heteroatoms. The molecule has 1 atom stereocenters. The van der Waals surface area contributed by atoms with E-state index in [-0.39, 0.29) is 24.6 Å². The van der Waals surface area contributed by atoms with Crippen molar-refractivity contribution in [1.82, 2.24) is 5.32 Å². The molecular formula is C14H14FNO3. The standard InChI is InChI=1S/C14H14FNO3/c1-3-4-12(14(18)19-2)16-13(17)9-10-5-7-11(15)8-6-10/h1,5-8,12H,4,9H2,2H3,(H,16,17)/t12-/m1/s1. The molecule has 0 aliphatic carbocycles. The zero-order chi connectivity index (χ0) is 14.3. The largest absolute Gasteiger partial charge is 0.467 e. The van der Waals surface area contributed by atoms with E-state index < -0.39 is 12.0 Å². The van der Waals surface area contributed by atoms with Crippen molar-refractivity contribution in [2.45, 2.75) is 18.9 Å². The molecule has 1 N–H and O–H groups in total. The number of rotatable bonds is 5. The molecule has 0 bridgehead atoms. The summed E-state index contributed by atoms with van der Waals surface area (Å²) in [5.74, 6) is 0.953. The van der Waals surface area contributed by atoms with Crippen molar-refractivity contribution in [2.24, 2.45) is 0 Å². The van der Waals surface area contributed by atoms with Crippen LogP contribution in [0.2, 0.25) is 0 Å². The average Bonchev–Trinajstić information content (AvgIpc) is 2.40. The third kappa shape index (κ3) is 4.80. The second-order valence-corrected chi connectivity index (χ2v) is 3.85. The summed E-state index contributed by atoms with van der Waals surface area (Å²) in [6.45, 7) is 0. The first kappa shape index (κ1) is 14.7. The molecule has 0 spiro atoms. The summed E-state index contributed by atoms with van der Waals surface area (Å²) in [6.07, 6.45) is 5.21. The first-order chi connectivity index (χ1) is 9.06. The van der Waals surface area contributed by atoms with Crippen molar-refractivity contribution < 1.29 is 18.7 Å². The number of hydrogen-bond acceptors (Lipinski definition) is 3. The molecule has 0 aliphatic heterocycles. The smallest absolute Gasteiger partial charge is 0.329 e. The Balaban J connectivity index is 2.60. The van der Waals surface area contributed by atoms with E-state index in [9.17, 15) is 14.0 Å². The van der Waals surface area contributed by atoms with Crippen LogP contribution in [0.25, 0.3) is 0 Å². The van der Waals surface area contributed by atoms with E-state index >= 15 is 0 Å². The Hall–Kier alpha value is -2.35. The molecule has 0 aliphatic rings. The number of amides is 1. The lowest BCUT2D eigenvalue weighted by molar-refractivity contribution is -0.144. The molecule has 1 amide bonds. The maximum atomic E-state index is 12.7. The number of nitrogens with one attached hydrogen (secondary N) is 1. The van der Waals surface area contributed by atoms with Gasteiger partial charge in [-0.25, -0.2) is 9.18 Å². The Bertz CT molecular complexity index is 490. The summed E-state index contributed by atoms with van der Waals surface area (Å²) in [5, 5.41) is 2.48. The maximum absolute atomic E-state index is 12.7. The minimum Gasteiger partial charge on any atom is -0.467 e. The Morgan fingerprint density at radius 1 is 1.42 bits per heavy atom. The molecule has 100 valence electrons. The highest BCUT2D eigenvalue weighted by Crippen LogP contribution is 2.04. The summed E-state index contributed by atoms with van der Waals surface area (Å²) in [6, 6.07) is 4.68. The van der Waals surface area contributed by atoms with Gasteiger partial charge in [-0.3, -0.25) is 4.79 Å². The first-order valence-corrected chi connectivity index (χ1v) is 5.62. The van der Waals surface area contributed by atoms with E-state index in [1.165, 1.54) is 31.4 Å². The Morgan fingerprint density at radius 3 is 2.58 bits per heavy atom. The van der Waals surface area contributed by atoms with Gasteiger partial charge < -0.3 is 10.1 Å². The van der Waals surface area contributed by atoms with Crippen LogP contribution in [-0.4, -0.2) is 25.0 Å². The van der Waals surface area contributed by atoms with E-state index in [1.54, 1.807) is 0 Å². The van der Waals surface area contributed by atoms with Crippen molar-refractivity contribution in [3.63, 3.8) is 0 Å². The van der Waals surface area contributed by atoms with Crippen LogP contribution in [0.3, 0.4) is 0 Å². The molecular weight excluding hydrogens is 249 g/mol. The van der Waals surface area contributed by atoms with Crippen molar-refractivity contribution in [1.29, 1.82) is 0 Å². The summed E-state index contributed by atoms with van der Waals surface area (Å²) < 4.78 is 17.2. The van der Waals surface area contributed by atoms with Gasteiger partial charge in [0.1, 0.15) is 11.9 Å². The summed E-state index contributed by atoms with van der Waals surface area (Å²) in [5.41, 5.74) is 0.642. The zero-order valence-corrected chi connectivity index (χ0v) is 10.5. The van der Waals surface area contributed by atoms with Gasteiger partial charge in [0.25, 0.3) is 0 Å². The Kier molecular flexibility index (Phi) is 5.55. The van der Waals surface area contributed by atoms with Gasteiger partial charge in [0.2, 0.25) is 5.91 Å². The third-order valence-corrected chi connectivity index (χ3v) is 2.42. The fraction of sp³-hybridized carbons (Fsp3) is 0.286. The second-order valence-electron chi connectivity index (χ2n) is 3.85. The number of esters is 1. The van der Waals surface area contributed by atoms with Gasteiger partial charge in [-0.05, 0) is 17.7 Å². The molecule has 0 radical (unpaired) electrons. The zero-order valence-electron chi connectivity index (χ0n) is 10.5. The number of benzene rings is 1. The van der Waals surface area contributed by atoms with E-state index in [2.05, 4.69) is 16.0 Å². The van der Waals surface area contributed by atoms with E-state index in [1.807, 2.05) is 0 Å². The predicted octanol–water partition coefficient (Wildman–Crippen LogP) is 1.05. The number of carbonyl (C=O) groups excluding carboxylic acids is 2. The van der Waals surface area contributed by atoms with Gasteiger partial charge in [0.05, 0.1) is 13.5 Å². The van der Waals surface area contributed by atoms with Crippen LogP contribution in [0.4, 0.5) is 4.39 Å². The minimum atomic E-state index is -0.858. The molecule has 0 saturated carbocycles. The van der Waals surface area contributed by atoms with Gasteiger partial charge >= 0.3 is 5.97 Å². The summed E-state index contributed by atoms with van der Waals surface area (Å²) >= 11 is 0. The SMILES string of the molecule is C#CC[C@@H](NC(=O)Cc1ccc(F)cc1)C(=O)OC.